The van der Waals surface area contributed by atoms with Gasteiger partial charge in [0.05, 0.1) is 6.61 Å². The summed E-state index contributed by atoms with van der Waals surface area (Å²) in [5.74, 6) is 0.595. The molecule has 0 spiro atoms. The molecular formula is C10H15O3PS. The molecule has 0 aliphatic heterocycles. The van der Waals surface area contributed by atoms with Gasteiger partial charge in [-0.25, -0.2) is 4.57 Å². The minimum Gasteiger partial charge on any atom is -0.316 e. The molecule has 1 rings (SSSR count). The largest absolute Gasteiger partial charge is 0.386 e. The van der Waals surface area contributed by atoms with E-state index in [1.165, 1.54) is 5.56 Å². The topological polar surface area (TPSA) is 46.5 Å². The lowest BCUT2D eigenvalue weighted by atomic mass is 10.2. The molecule has 1 atom stereocenters. The van der Waals surface area contributed by atoms with Gasteiger partial charge >= 0.3 is 6.80 Å². The van der Waals surface area contributed by atoms with Crippen molar-refractivity contribution < 1.29 is 14.0 Å². The fraction of sp³-hybridized carbons (Fsp3) is 0.400. The normalized spacial score (nSPS) is 14.8. The lowest BCUT2D eigenvalue weighted by Crippen LogP contribution is -1.90. The molecule has 0 bridgehead atoms. The predicted octanol–water partition coefficient (Wildman–Crippen LogP) is 3.10. The van der Waals surface area contributed by atoms with Crippen LogP contribution in [0.25, 0.3) is 0 Å². The van der Waals surface area contributed by atoms with Crippen LogP contribution >= 0.6 is 18.2 Å². The van der Waals surface area contributed by atoms with E-state index >= 15 is 0 Å². The van der Waals surface area contributed by atoms with Crippen LogP contribution in [-0.2, 0) is 15.5 Å². The highest BCUT2D eigenvalue weighted by molar-refractivity contribution is 8.54. The molecule has 3 nitrogen and oxygen atoms in total. The van der Waals surface area contributed by atoms with Crippen molar-refractivity contribution in [3.63, 3.8) is 0 Å². The van der Waals surface area contributed by atoms with Gasteiger partial charge in [-0.1, -0.05) is 30.3 Å². The number of aryl methyl sites for hydroxylation is 1. The Balaban J connectivity index is 2.31. The third-order valence-corrected chi connectivity index (χ3v) is 4.92. The monoisotopic (exact) mass is 246 g/mol. The van der Waals surface area contributed by atoms with E-state index in [1.54, 1.807) is 6.92 Å². The maximum atomic E-state index is 11.3. The molecule has 1 aromatic rings. The summed E-state index contributed by atoms with van der Waals surface area (Å²) in [6, 6.07) is 9.88. The Labute approximate surface area is 94.1 Å². The van der Waals surface area contributed by atoms with E-state index in [2.05, 4.69) is 0 Å². The van der Waals surface area contributed by atoms with Crippen LogP contribution in [0.2, 0.25) is 0 Å². The Kier molecular flexibility index (Phi) is 5.40. The maximum absolute atomic E-state index is 11.3. The molecule has 1 N–H and O–H groups in total. The first kappa shape index (κ1) is 12.8. The van der Waals surface area contributed by atoms with Gasteiger partial charge in [-0.3, -0.25) is 0 Å². The van der Waals surface area contributed by atoms with E-state index in [0.717, 1.165) is 17.8 Å². The van der Waals surface area contributed by atoms with Crippen molar-refractivity contribution in [3.05, 3.63) is 35.9 Å². The third-order valence-electron chi connectivity index (χ3n) is 1.78. The van der Waals surface area contributed by atoms with Gasteiger partial charge in [-0.15, -0.1) is 0 Å². The van der Waals surface area contributed by atoms with Crippen molar-refractivity contribution in [2.24, 2.45) is 0 Å². The highest BCUT2D eigenvalue weighted by atomic mass is 32.7. The molecule has 0 aliphatic rings. The number of hydrogen-bond donors (Lipinski definition) is 1. The van der Waals surface area contributed by atoms with Gasteiger partial charge in [0.15, 0.2) is 0 Å². The van der Waals surface area contributed by atoms with Crippen molar-refractivity contribution in [1.82, 2.24) is 0 Å². The van der Waals surface area contributed by atoms with E-state index in [0.29, 0.717) is 5.75 Å². The van der Waals surface area contributed by atoms with Crippen molar-refractivity contribution in [2.75, 3.05) is 12.4 Å². The first-order chi connectivity index (χ1) is 7.14. The average Bonchev–Trinajstić information content (AvgIpc) is 2.19. The van der Waals surface area contributed by atoms with Gasteiger partial charge in [0.1, 0.15) is 0 Å². The molecular weight excluding hydrogens is 231 g/mol. The molecule has 0 aromatic heterocycles. The van der Waals surface area contributed by atoms with Crippen LogP contribution in [-0.4, -0.2) is 17.3 Å². The number of benzene rings is 1. The molecule has 1 aromatic carbocycles. The summed E-state index contributed by atoms with van der Waals surface area (Å²) in [4.78, 5) is 9.29. The first-order valence-electron chi connectivity index (χ1n) is 4.80. The lowest BCUT2D eigenvalue weighted by Gasteiger charge is -2.09. The second kappa shape index (κ2) is 6.33. The molecule has 5 heteroatoms. The van der Waals surface area contributed by atoms with Gasteiger partial charge in [-0.05, 0) is 30.3 Å². The van der Waals surface area contributed by atoms with Gasteiger partial charge in [-0.2, -0.15) is 0 Å². The molecule has 0 fully saturated rings. The Hall–Kier alpha value is -0.280. The Bertz CT molecular complexity index is 329. The highest BCUT2D eigenvalue weighted by Crippen LogP contribution is 2.55. The number of hydrogen-bond acceptors (Lipinski definition) is 3. The summed E-state index contributed by atoms with van der Waals surface area (Å²) in [5.41, 5.74) is 1.17. The summed E-state index contributed by atoms with van der Waals surface area (Å²) in [6.07, 6.45) is 0.781. The van der Waals surface area contributed by atoms with E-state index in [-0.39, 0.29) is 6.61 Å². The van der Waals surface area contributed by atoms with Crippen LogP contribution in [0.1, 0.15) is 12.5 Å². The molecule has 15 heavy (non-hydrogen) atoms. The van der Waals surface area contributed by atoms with Crippen molar-refractivity contribution in [2.45, 2.75) is 13.3 Å². The Morgan fingerprint density at radius 2 is 2.07 bits per heavy atom. The van der Waals surface area contributed by atoms with Crippen molar-refractivity contribution in [1.29, 1.82) is 0 Å². The van der Waals surface area contributed by atoms with E-state index in [1.807, 2.05) is 30.3 Å². The zero-order valence-corrected chi connectivity index (χ0v) is 10.3. The van der Waals surface area contributed by atoms with Crippen LogP contribution < -0.4 is 0 Å². The molecule has 0 saturated carbocycles. The highest BCUT2D eigenvalue weighted by Gasteiger charge is 2.18. The Morgan fingerprint density at radius 3 is 2.67 bits per heavy atom. The van der Waals surface area contributed by atoms with Gasteiger partial charge in [0.2, 0.25) is 0 Å². The van der Waals surface area contributed by atoms with Crippen LogP contribution in [0, 0.1) is 0 Å². The van der Waals surface area contributed by atoms with E-state index < -0.39 is 6.80 Å². The number of rotatable bonds is 6. The lowest BCUT2D eigenvalue weighted by molar-refractivity contribution is 0.291. The fourth-order valence-electron chi connectivity index (χ4n) is 1.12. The standard InChI is InChI=1S/C10H15O3PS/c1-2-13-14(11,12)15-9-8-10-6-4-3-5-7-10/h3-7H,2,8-9H2,1H3,(H,11,12). The first-order valence-corrected chi connectivity index (χ1v) is 7.96. The molecule has 0 aliphatic carbocycles. The van der Waals surface area contributed by atoms with Crippen molar-refractivity contribution in [3.8, 4) is 0 Å². The molecule has 0 heterocycles. The van der Waals surface area contributed by atoms with E-state index in [9.17, 15) is 9.46 Å². The zero-order chi connectivity index (χ0) is 11.1. The SMILES string of the molecule is CCOP(=O)(O)SCCc1ccccc1. The van der Waals surface area contributed by atoms with Crippen LogP contribution in [0.3, 0.4) is 0 Å². The van der Waals surface area contributed by atoms with Crippen LogP contribution in [0.4, 0.5) is 0 Å². The zero-order valence-electron chi connectivity index (χ0n) is 8.63. The smallest absolute Gasteiger partial charge is 0.316 e. The summed E-state index contributed by atoms with van der Waals surface area (Å²) < 4.78 is 16.0. The van der Waals surface area contributed by atoms with Crippen molar-refractivity contribution >= 4 is 18.2 Å². The quantitative estimate of drug-likeness (QED) is 0.783. The maximum Gasteiger partial charge on any atom is 0.386 e. The van der Waals surface area contributed by atoms with Gasteiger partial charge < -0.3 is 9.42 Å². The molecule has 0 radical (unpaired) electrons. The molecule has 0 amide bonds. The van der Waals surface area contributed by atoms with Crippen LogP contribution in [0.15, 0.2) is 30.3 Å². The summed E-state index contributed by atoms with van der Waals surface area (Å²) in [6.45, 7) is -1.43. The fourth-order valence-corrected chi connectivity index (χ4v) is 3.59. The summed E-state index contributed by atoms with van der Waals surface area (Å²) >= 11 is 0.987. The van der Waals surface area contributed by atoms with Crippen LogP contribution in [0.5, 0.6) is 0 Å². The summed E-state index contributed by atoms with van der Waals surface area (Å²) in [7, 11) is 0. The predicted molar refractivity (Wildman–Crippen MR) is 64.1 cm³/mol. The summed E-state index contributed by atoms with van der Waals surface area (Å²) in [5, 5.41) is 0. The minimum absolute atomic E-state index is 0.270. The average molecular weight is 246 g/mol. The minimum atomic E-state index is -3.41. The molecule has 0 saturated heterocycles. The second-order valence-electron chi connectivity index (χ2n) is 2.96. The Morgan fingerprint density at radius 1 is 1.40 bits per heavy atom. The third kappa shape index (κ3) is 5.38. The van der Waals surface area contributed by atoms with Gasteiger partial charge in [0, 0.05) is 5.75 Å². The van der Waals surface area contributed by atoms with E-state index in [4.69, 9.17) is 4.52 Å². The van der Waals surface area contributed by atoms with Gasteiger partial charge in [0.25, 0.3) is 0 Å². The second-order valence-corrected chi connectivity index (χ2v) is 6.98. The molecule has 84 valence electrons. The molecule has 1 unspecified atom stereocenters.